The van der Waals surface area contributed by atoms with E-state index in [0.717, 1.165) is 17.0 Å². The zero-order valence-electron chi connectivity index (χ0n) is 16.4. The van der Waals surface area contributed by atoms with Crippen LogP contribution in [0, 0.1) is 23.7 Å². The van der Waals surface area contributed by atoms with Gasteiger partial charge in [-0.3, -0.25) is 9.78 Å². The molecule has 0 radical (unpaired) electrons. The van der Waals surface area contributed by atoms with Crippen LogP contribution in [0.15, 0.2) is 28.9 Å². The van der Waals surface area contributed by atoms with Crippen molar-refractivity contribution in [2.45, 2.75) is 32.1 Å². The molecule has 3 N–H and O–H groups in total. The normalized spacial score (nSPS) is 34.0. The largest absolute Gasteiger partial charge is 0.441 e. The molecule has 2 aromatic rings. The summed E-state index contributed by atoms with van der Waals surface area (Å²) in [4.78, 5) is 24.0. The van der Waals surface area contributed by atoms with Crippen LogP contribution in [0.4, 0.5) is 0 Å². The molecule has 2 aromatic heterocycles. The Labute approximate surface area is 169 Å². The van der Waals surface area contributed by atoms with Gasteiger partial charge in [0.1, 0.15) is 11.5 Å². The SMILES string of the molecule is C[C@H]1[C@H](O)[C@@H](O)[C@H]2CNC[C@@H]2[C@H]1C(=O)N1CCc2oc(-c3cccnc3)nc2C1. The number of aliphatic hydroxyl groups excluding tert-OH is 2. The summed E-state index contributed by atoms with van der Waals surface area (Å²) >= 11 is 0. The lowest BCUT2D eigenvalue weighted by molar-refractivity contribution is -0.156. The first kappa shape index (κ1) is 18.7. The van der Waals surface area contributed by atoms with E-state index in [1.165, 1.54) is 0 Å². The third-order valence-electron chi connectivity index (χ3n) is 6.90. The number of oxazole rings is 1. The Morgan fingerprint density at radius 3 is 2.90 bits per heavy atom. The molecule has 3 aliphatic rings. The third kappa shape index (κ3) is 3.06. The van der Waals surface area contributed by atoms with Crippen LogP contribution in [0.5, 0.6) is 0 Å². The van der Waals surface area contributed by atoms with Crippen molar-refractivity contribution in [1.29, 1.82) is 0 Å². The number of rotatable bonds is 2. The molecule has 0 aromatic carbocycles. The standard InChI is InChI=1S/C21H26N4O4/c1-11-17(13-8-23-9-14(13)19(27)18(11)26)21(28)25-6-4-16-15(10-25)24-20(29-16)12-3-2-5-22-7-12/h2-3,5,7,11,13-14,17-19,23,26-27H,4,6,8-10H2,1H3/t11-,13+,14+,17+,18+,19+/m1/s1. The highest BCUT2D eigenvalue weighted by molar-refractivity contribution is 5.80. The van der Waals surface area contributed by atoms with Crippen molar-refractivity contribution < 1.29 is 19.4 Å². The topological polar surface area (TPSA) is 112 Å². The zero-order chi connectivity index (χ0) is 20.1. The van der Waals surface area contributed by atoms with Gasteiger partial charge >= 0.3 is 0 Å². The minimum absolute atomic E-state index is 0.0405. The van der Waals surface area contributed by atoms with Gasteiger partial charge in [0.05, 0.1) is 24.3 Å². The number of carbonyl (C=O) groups excluding carboxylic acids is 1. The van der Waals surface area contributed by atoms with Crippen molar-refractivity contribution in [1.82, 2.24) is 20.2 Å². The predicted molar refractivity (Wildman–Crippen MR) is 103 cm³/mol. The highest BCUT2D eigenvalue weighted by atomic mass is 16.4. The van der Waals surface area contributed by atoms with E-state index in [1.54, 1.807) is 12.4 Å². The van der Waals surface area contributed by atoms with E-state index >= 15 is 0 Å². The van der Waals surface area contributed by atoms with Gasteiger partial charge in [0.15, 0.2) is 0 Å². The Morgan fingerprint density at radius 2 is 2.10 bits per heavy atom. The molecular formula is C21H26N4O4. The average Bonchev–Trinajstić information content (AvgIpc) is 3.39. The number of amides is 1. The second-order valence-electron chi connectivity index (χ2n) is 8.49. The third-order valence-corrected chi connectivity index (χ3v) is 6.90. The highest BCUT2D eigenvalue weighted by Gasteiger charge is 2.53. The molecule has 1 saturated carbocycles. The predicted octanol–water partition coefficient (Wildman–Crippen LogP) is 0.445. The molecule has 0 bridgehead atoms. The van der Waals surface area contributed by atoms with E-state index in [0.29, 0.717) is 38.5 Å². The van der Waals surface area contributed by atoms with Crippen LogP contribution in [-0.4, -0.2) is 62.8 Å². The van der Waals surface area contributed by atoms with Gasteiger partial charge < -0.3 is 24.8 Å². The van der Waals surface area contributed by atoms with Gasteiger partial charge in [-0.2, -0.15) is 0 Å². The Bertz CT molecular complexity index is 901. The van der Waals surface area contributed by atoms with Crippen molar-refractivity contribution in [2.24, 2.45) is 23.7 Å². The number of nitrogens with one attached hydrogen (secondary N) is 1. The number of nitrogens with zero attached hydrogens (tertiary/aromatic N) is 3. The number of aromatic nitrogens is 2. The maximum atomic E-state index is 13.5. The summed E-state index contributed by atoms with van der Waals surface area (Å²) in [5.74, 6) is 0.754. The molecule has 1 amide bonds. The van der Waals surface area contributed by atoms with Crippen LogP contribution < -0.4 is 5.32 Å². The van der Waals surface area contributed by atoms with E-state index in [1.807, 2.05) is 24.0 Å². The minimum atomic E-state index is -0.880. The molecule has 0 spiro atoms. The van der Waals surface area contributed by atoms with Crippen LogP contribution in [0.1, 0.15) is 18.4 Å². The van der Waals surface area contributed by atoms with Crippen molar-refractivity contribution in [3.05, 3.63) is 36.0 Å². The molecule has 154 valence electrons. The van der Waals surface area contributed by atoms with Gasteiger partial charge in [-0.1, -0.05) is 6.92 Å². The average molecular weight is 398 g/mol. The molecule has 6 atom stereocenters. The fraction of sp³-hybridized carbons (Fsp3) is 0.571. The number of fused-ring (bicyclic) bond motifs is 2. The lowest BCUT2D eigenvalue weighted by Gasteiger charge is -2.45. The minimum Gasteiger partial charge on any atom is -0.441 e. The second kappa shape index (κ2) is 7.19. The molecular weight excluding hydrogens is 372 g/mol. The smallest absolute Gasteiger partial charge is 0.228 e. The molecule has 8 nitrogen and oxygen atoms in total. The zero-order valence-corrected chi connectivity index (χ0v) is 16.4. The summed E-state index contributed by atoms with van der Waals surface area (Å²) in [6, 6.07) is 3.74. The van der Waals surface area contributed by atoms with Gasteiger partial charge in [0.2, 0.25) is 11.8 Å². The van der Waals surface area contributed by atoms with E-state index in [2.05, 4.69) is 15.3 Å². The lowest BCUT2D eigenvalue weighted by Crippen LogP contribution is -2.56. The molecule has 29 heavy (non-hydrogen) atoms. The maximum absolute atomic E-state index is 13.5. The van der Waals surface area contributed by atoms with Crippen molar-refractivity contribution in [2.75, 3.05) is 19.6 Å². The Balaban J connectivity index is 1.37. The lowest BCUT2D eigenvalue weighted by atomic mass is 9.65. The molecule has 5 rings (SSSR count). The first-order chi connectivity index (χ1) is 14.0. The summed E-state index contributed by atoms with van der Waals surface area (Å²) in [6.07, 6.45) is 2.38. The molecule has 0 unspecified atom stereocenters. The Hall–Kier alpha value is -2.29. The molecule has 1 saturated heterocycles. The van der Waals surface area contributed by atoms with Crippen LogP contribution in [0.3, 0.4) is 0 Å². The van der Waals surface area contributed by atoms with Crippen molar-refractivity contribution in [3.8, 4) is 11.5 Å². The number of carbonyl (C=O) groups is 1. The highest BCUT2D eigenvalue weighted by Crippen LogP contribution is 2.42. The number of hydrogen-bond donors (Lipinski definition) is 3. The van der Waals surface area contributed by atoms with E-state index in [9.17, 15) is 15.0 Å². The summed E-state index contributed by atoms with van der Waals surface area (Å²) in [7, 11) is 0. The number of hydrogen-bond acceptors (Lipinski definition) is 7. The molecule has 2 aliphatic heterocycles. The fourth-order valence-electron chi connectivity index (χ4n) is 5.27. The molecule has 1 aliphatic carbocycles. The fourth-order valence-corrected chi connectivity index (χ4v) is 5.27. The maximum Gasteiger partial charge on any atom is 0.228 e. The quantitative estimate of drug-likeness (QED) is 0.673. The van der Waals surface area contributed by atoms with Crippen LogP contribution in [-0.2, 0) is 17.8 Å². The van der Waals surface area contributed by atoms with Gasteiger partial charge in [0.25, 0.3) is 0 Å². The van der Waals surface area contributed by atoms with Crippen molar-refractivity contribution >= 4 is 5.91 Å². The molecule has 2 fully saturated rings. The summed E-state index contributed by atoms with van der Waals surface area (Å²) in [6.45, 7) is 4.19. The number of aliphatic hydroxyl groups is 2. The summed E-state index contributed by atoms with van der Waals surface area (Å²) in [5, 5.41) is 24.2. The second-order valence-corrected chi connectivity index (χ2v) is 8.49. The van der Waals surface area contributed by atoms with Gasteiger partial charge in [0, 0.05) is 43.7 Å². The van der Waals surface area contributed by atoms with Gasteiger partial charge in [-0.05, 0) is 30.5 Å². The van der Waals surface area contributed by atoms with Crippen LogP contribution in [0.25, 0.3) is 11.5 Å². The first-order valence-corrected chi connectivity index (χ1v) is 10.3. The molecule has 4 heterocycles. The van der Waals surface area contributed by atoms with Gasteiger partial charge in [-0.15, -0.1) is 0 Å². The van der Waals surface area contributed by atoms with E-state index in [4.69, 9.17) is 4.42 Å². The van der Waals surface area contributed by atoms with Crippen LogP contribution >= 0.6 is 0 Å². The van der Waals surface area contributed by atoms with Crippen LogP contribution in [0.2, 0.25) is 0 Å². The summed E-state index contributed by atoms with van der Waals surface area (Å²) in [5.41, 5.74) is 1.60. The van der Waals surface area contributed by atoms with E-state index in [-0.39, 0.29) is 29.6 Å². The van der Waals surface area contributed by atoms with Gasteiger partial charge in [-0.25, -0.2) is 4.98 Å². The Morgan fingerprint density at radius 1 is 1.28 bits per heavy atom. The number of pyridine rings is 1. The van der Waals surface area contributed by atoms with E-state index < -0.39 is 12.2 Å². The Kier molecular flexibility index (Phi) is 4.64. The first-order valence-electron chi connectivity index (χ1n) is 10.3. The summed E-state index contributed by atoms with van der Waals surface area (Å²) < 4.78 is 5.92. The van der Waals surface area contributed by atoms with Crippen molar-refractivity contribution in [3.63, 3.8) is 0 Å². The molecule has 8 heteroatoms. The monoisotopic (exact) mass is 398 g/mol.